The number of aliphatic hydroxyl groups excluding tert-OH is 1. The molecule has 2 rings (SSSR count). The van der Waals surface area contributed by atoms with Crippen LogP contribution in [-0.2, 0) is 20.9 Å². The Kier molecular flexibility index (Phi) is 11.6. The molecule has 0 aromatic carbocycles. The number of carbonyl (C=O) groups excluding carboxylic acids is 2. The first-order chi connectivity index (χ1) is 14.1. The van der Waals surface area contributed by atoms with Gasteiger partial charge >= 0.3 is 24.3 Å². The Labute approximate surface area is 187 Å². The second-order valence-electron chi connectivity index (χ2n) is 5.11. The molecule has 0 radical (unpaired) electrons. The summed E-state index contributed by atoms with van der Waals surface area (Å²) in [5.74, 6) is -6.40. The van der Waals surface area contributed by atoms with Gasteiger partial charge in [0.1, 0.15) is 0 Å². The lowest BCUT2D eigenvalue weighted by Gasteiger charge is -2.06. The number of alkyl halides is 6. The van der Waals surface area contributed by atoms with E-state index in [1.54, 1.807) is 31.3 Å². The summed E-state index contributed by atoms with van der Waals surface area (Å²) in [5.41, 5.74) is 1.38. The van der Waals surface area contributed by atoms with Gasteiger partial charge in [0.05, 0.1) is 12.3 Å². The Balaban J connectivity index is 0.000000445. The molecule has 0 saturated heterocycles. The smallest absolute Gasteiger partial charge is 0.491 e. The number of esters is 2. The number of rotatable bonds is 1. The molecule has 0 aliphatic heterocycles. The van der Waals surface area contributed by atoms with Crippen molar-refractivity contribution in [1.29, 1.82) is 0 Å². The van der Waals surface area contributed by atoms with Crippen molar-refractivity contribution in [3.8, 4) is 0 Å². The molecule has 0 aliphatic carbocycles. The quantitative estimate of drug-likeness (QED) is 0.179. The van der Waals surface area contributed by atoms with E-state index in [2.05, 4.69) is 41.6 Å². The molecule has 0 aliphatic rings. The standard InChI is InChI=1S/2C6H6BrNO.C4F6O3/c1-5-4-6(7)2-3-8(5)9;7-5-1-2-8-6(3-5)4-9;5-3(6,7)1(11)13-2(12)4(8,9)10/h2-4H,1H3;1-3,9H,4H2;. The van der Waals surface area contributed by atoms with Crippen LogP contribution in [0.4, 0.5) is 26.3 Å². The number of aromatic nitrogens is 2. The van der Waals surface area contributed by atoms with Crippen molar-refractivity contribution in [2.45, 2.75) is 25.9 Å². The second kappa shape index (κ2) is 12.6. The molecule has 15 heteroatoms. The van der Waals surface area contributed by atoms with Crippen LogP contribution in [-0.4, -0.2) is 34.4 Å². The molecule has 2 aromatic rings. The molecule has 0 amide bonds. The SMILES string of the molecule is Cc1cc(Br)cc[n+]1[O-].O=C(OC(=O)C(F)(F)F)C(F)(F)F.OCc1cc(Br)ccn1. The van der Waals surface area contributed by atoms with Crippen molar-refractivity contribution >= 4 is 43.8 Å². The zero-order valence-electron chi connectivity index (χ0n) is 15.2. The van der Waals surface area contributed by atoms with Crippen LogP contribution < -0.4 is 4.73 Å². The topological polar surface area (TPSA) is 103 Å². The van der Waals surface area contributed by atoms with Crippen LogP contribution in [0.25, 0.3) is 0 Å². The third kappa shape index (κ3) is 12.2. The summed E-state index contributed by atoms with van der Waals surface area (Å²) in [4.78, 5) is 23.2. The Morgan fingerprint density at radius 3 is 1.87 bits per heavy atom. The largest absolute Gasteiger partial charge is 0.619 e. The lowest BCUT2D eigenvalue weighted by Crippen LogP contribution is -2.34. The number of hydrogen-bond acceptors (Lipinski definition) is 6. The molecule has 1 N–H and O–H groups in total. The zero-order chi connectivity index (χ0) is 24.4. The van der Waals surface area contributed by atoms with Crippen molar-refractivity contribution < 1.29 is 50.5 Å². The minimum atomic E-state index is -5.62. The minimum absolute atomic E-state index is 0.000556. The summed E-state index contributed by atoms with van der Waals surface area (Å²) in [6.07, 6.45) is -8.13. The number of pyridine rings is 2. The first kappa shape index (κ1) is 28.7. The van der Waals surface area contributed by atoms with Crippen LogP contribution in [0.2, 0.25) is 0 Å². The number of hydrogen-bond donors (Lipinski definition) is 1. The molecule has 7 nitrogen and oxygen atoms in total. The Bertz CT molecular complexity index is 870. The van der Waals surface area contributed by atoms with E-state index in [-0.39, 0.29) is 6.61 Å². The van der Waals surface area contributed by atoms with Gasteiger partial charge in [-0.3, -0.25) is 4.98 Å². The van der Waals surface area contributed by atoms with E-state index in [0.29, 0.717) is 11.4 Å². The highest BCUT2D eigenvalue weighted by molar-refractivity contribution is 9.10. The number of halogens is 8. The van der Waals surface area contributed by atoms with E-state index in [4.69, 9.17) is 5.11 Å². The Hall–Kier alpha value is -2.26. The first-order valence-electron chi connectivity index (χ1n) is 7.54. The predicted molar refractivity (Wildman–Crippen MR) is 98.9 cm³/mol. The van der Waals surface area contributed by atoms with E-state index in [9.17, 15) is 41.1 Å². The van der Waals surface area contributed by atoms with Crippen molar-refractivity contribution in [3.63, 3.8) is 0 Å². The minimum Gasteiger partial charge on any atom is -0.619 e. The fourth-order valence-electron chi connectivity index (χ4n) is 1.30. The lowest BCUT2D eigenvalue weighted by molar-refractivity contribution is -0.612. The van der Waals surface area contributed by atoms with E-state index >= 15 is 0 Å². The van der Waals surface area contributed by atoms with Crippen molar-refractivity contribution in [3.05, 3.63) is 62.2 Å². The lowest BCUT2D eigenvalue weighted by atomic mass is 10.4. The second-order valence-corrected chi connectivity index (χ2v) is 6.94. The molecule has 172 valence electrons. The first-order valence-corrected chi connectivity index (χ1v) is 9.13. The van der Waals surface area contributed by atoms with Crippen LogP contribution in [0, 0.1) is 12.1 Å². The van der Waals surface area contributed by atoms with E-state index < -0.39 is 24.3 Å². The molecule has 2 aromatic heterocycles. The zero-order valence-corrected chi connectivity index (χ0v) is 18.3. The normalized spacial score (nSPS) is 10.8. The van der Waals surface area contributed by atoms with Gasteiger partial charge in [-0.05, 0) is 12.1 Å². The molecule has 0 unspecified atom stereocenters. The fraction of sp³-hybridized carbons (Fsp3) is 0.250. The fourth-order valence-corrected chi connectivity index (χ4v) is 2.13. The number of carbonyl (C=O) groups is 2. The maximum atomic E-state index is 11.2. The summed E-state index contributed by atoms with van der Waals surface area (Å²) < 4.78 is 72.4. The Morgan fingerprint density at radius 2 is 1.55 bits per heavy atom. The molecule has 0 spiro atoms. The van der Waals surface area contributed by atoms with Gasteiger partial charge in [-0.25, -0.2) is 9.59 Å². The summed E-state index contributed by atoms with van der Waals surface area (Å²) in [5, 5.41) is 19.2. The van der Waals surface area contributed by atoms with Gasteiger partial charge in [0.15, 0.2) is 11.9 Å². The number of ether oxygens (including phenoxy) is 1. The van der Waals surface area contributed by atoms with Gasteiger partial charge in [0, 0.05) is 34.2 Å². The van der Waals surface area contributed by atoms with Gasteiger partial charge in [0.2, 0.25) is 0 Å². The maximum absolute atomic E-state index is 11.2. The monoisotopic (exact) mass is 584 g/mol. The number of aliphatic hydroxyl groups is 1. The van der Waals surface area contributed by atoms with Crippen LogP contribution in [0.15, 0.2) is 45.6 Å². The molecule has 2 heterocycles. The van der Waals surface area contributed by atoms with Crippen LogP contribution >= 0.6 is 31.9 Å². The third-order valence-electron chi connectivity index (χ3n) is 2.65. The van der Waals surface area contributed by atoms with Crippen LogP contribution in [0.1, 0.15) is 11.4 Å². The summed E-state index contributed by atoms with van der Waals surface area (Å²) in [7, 11) is 0. The molecule has 31 heavy (non-hydrogen) atoms. The Morgan fingerprint density at radius 1 is 1.06 bits per heavy atom. The average molecular weight is 586 g/mol. The van der Waals surface area contributed by atoms with Crippen LogP contribution in [0.5, 0.6) is 0 Å². The molecule has 0 fully saturated rings. The molecule has 0 saturated carbocycles. The molecule has 0 atom stereocenters. The van der Waals surface area contributed by atoms with Crippen molar-refractivity contribution in [2.24, 2.45) is 0 Å². The highest BCUT2D eigenvalue weighted by Crippen LogP contribution is 2.21. The van der Waals surface area contributed by atoms with Gasteiger partial charge in [-0.15, -0.1) is 0 Å². The van der Waals surface area contributed by atoms with E-state index in [1.165, 1.54) is 6.20 Å². The van der Waals surface area contributed by atoms with Gasteiger partial charge < -0.3 is 15.1 Å². The molecular weight excluding hydrogens is 574 g/mol. The third-order valence-corrected chi connectivity index (χ3v) is 3.64. The maximum Gasteiger partial charge on any atom is 0.491 e. The number of nitrogens with zero attached hydrogens (tertiary/aromatic N) is 2. The van der Waals surface area contributed by atoms with Crippen molar-refractivity contribution in [2.75, 3.05) is 0 Å². The van der Waals surface area contributed by atoms with Gasteiger partial charge in [-0.1, -0.05) is 31.9 Å². The van der Waals surface area contributed by atoms with Gasteiger partial charge in [-0.2, -0.15) is 31.1 Å². The highest BCUT2D eigenvalue weighted by atomic mass is 79.9. The highest BCUT2D eigenvalue weighted by Gasteiger charge is 2.49. The van der Waals surface area contributed by atoms with E-state index in [0.717, 1.165) is 13.7 Å². The molecule has 0 bridgehead atoms. The van der Waals surface area contributed by atoms with Crippen molar-refractivity contribution in [1.82, 2.24) is 4.98 Å². The van der Waals surface area contributed by atoms with E-state index in [1.807, 2.05) is 6.07 Å². The van der Waals surface area contributed by atoms with Gasteiger partial charge in [0.25, 0.3) is 0 Å². The molecular formula is C16H12Br2F6N2O5. The summed E-state index contributed by atoms with van der Waals surface area (Å²) >= 11 is 6.50. The average Bonchev–Trinajstić information content (AvgIpc) is 2.64. The van der Waals surface area contributed by atoms with Crippen LogP contribution in [0.3, 0.4) is 0 Å². The summed E-state index contributed by atoms with van der Waals surface area (Å²) in [6.45, 7) is 1.76. The number of aryl methyl sites for hydroxylation is 1. The summed E-state index contributed by atoms with van der Waals surface area (Å²) in [6, 6.07) is 7.08. The predicted octanol–water partition coefficient (Wildman–Crippen LogP) is 3.91.